The highest BCUT2D eigenvalue weighted by Gasteiger charge is 2.30. The third kappa shape index (κ3) is 70.4. The molecule has 19 heteroatoms. The molecule has 4 unspecified atom stereocenters. The second kappa shape index (κ2) is 68.0. The quantitative estimate of drug-likeness (QED) is 0.0169. The molecule has 0 aromatic carbocycles. The van der Waals surface area contributed by atoms with E-state index < -0.39 is 97.5 Å². The van der Waals surface area contributed by atoms with Crippen LogP contribution in [0.15, 0.2) is 24.3 Å². The van der Waals surface area contributed by atoms with Crippen LogP contribution in [0.5, 0.6) is 0 Å². The molecule has 0 aliphatic carbocycles. The van der Waals surface area contributed by atoms with Gasteiger partial charge < -0.3 is 33.8 Å². The fraction of sp³-hybridized carbons (Fsp3) is 0.897. The Balaban J connectivity index is 5.25. The third-order valence-corrected chi connectivity index (χ3v) is 19.8. The van der Waals surface area contributed by atoms with Gasteiger partial charge in [-0.15, -0.1) is 0 Å². The van der Waals surface area contributed by atoms with E-state index >= 15 is 0 Å². The first-order chi connectivity index (χ1) is 46.8. The Morgan fingerprint density at radius 3 is 0.918 bits per heavy atom. The van der Waals surface area contributed by atoms with Gasteiger partial charge in [0.25, 0.3) is 0 Å². The summed E-state index contributed by atoms with van der Waals surface area (Å²) in [5, 5.41) is 10.6. The van der Waals surface area contributed by atoms with E-state index in [0.717, 1.165) is 127 Å². The number of hydrogen-bond acceptors (Lipinski definition) is 15. The van der Waals surface area contributed by atoms with Crippen molar-refractivity contribution in [1.82, 2.24) is 0 Å². The van der Waals surface area contributed by atoms with Gasteiger partial charge in [-0.2, -0.15) is 0 Å². The molecule has 0 bridgehead atoms. The molecule has 17 nitrogen and oxygen atoms in total. The summed E-state index contributed by atoms with van der Waals surface area (Å²) in [5.41, 5.74) is 0. The number of carbonyl (C=O) groups is 4. The lowest BCUT2D eigenvalue weighted by Gasteiger charge is -2.21. The van der Waals surface area contributed by atoms with Gasteiger partial charge in [0.05, 0.1) is 26.4 Å². The molecule has 0 aliphatic rings. The first-order valence-electron chi connectivity index (χ1n) is 39.7. The van der Waals surface area contributed by atoms with Gasteiger partial charge in [-0.05, 0) is 69.1 Å². The molecule has 0 saturated carbocycles. The molecule has 97 heavy (non-hydrogen) atoms. The third-order valence-electron chi connectivity index (χ3n) is 17.9. The average molecular weight is 1420 g/mol. The van der Waals surface area contributed by atoms with Crippen LogP contribution >= 0.6 is 15.6 Å². The number of allylic oxidation sites excluding steroid dienone is 4. The van der Waals surface area contributed by atoms with Crippen molar-refractivity contribution in [3.05, 3.63) is 24.3 Å². The summed E-state index contributed by atoms with van der Waals surface area (Å²) >= 11 is 0. The summed E-state index contributed by atoms with van der Waals surface area (Å²) in [4.78, 5) is 72.8. The summed E-state index contributed by atoms with van der Waals surface area (Å²) in [5.74, 6) is 0.138. The number of unbranched alkanes of at least 4 members (excludes halogenated alkanes) is 38. The number of aliphatic hydroxyl groups excluding tert-OH is 1. The van der Waals surface area contributed by atoms with Crippen LogP contribution in [0.1, 0.15) is 376 Å². The van der Waals surface area contributed by atoms with Crippen molar-refractivity contribution in [2.75, 3.05) is 39.6 Å². The van der Waals surface area contributed by atoms with E-state index in [2.05, 4.69) is 72.8 Å². The molecule has 0 aromatic heterocycles. The normalized spacial score (nSPS) is 14.5. The van der Waals surface area contributed by atoms with Crippen LogP contribution in [-0.4, -0.2) is 96.7 Å². The molecule has 0 amide bonds. The van der Waals surface area contributed by atoms with E-state index in [0.29, 0.717) is 31.6 Å². The minimum absolute atomic E-state index is 0.0991. The van der Waals surface area contributed by atoms with Crippen molar-refractivity contribution in [2.45, 2.75) is 394 Å². The Morgan fingerprint density at radius 1 is 0.340 bits per heavy atom. The molecule has 0 aliphatic heterocycles. The maximum absolute atomic E-state index is 13.1. The molecule has 0 aromatic rings. The van der Waals surface area contributed by atoms with Crippen molar-refractivity contribution in [2.24, 2.45) is 17.8 Å². The Morgan fingerprint density at radius 2 is 0.608 bits per heavy atom. The Hall–Kier alpha value is -2.46. The highest BCUT2D eigenvalue weighted by atomic mass is 31.2. The fourth-order valence-corrected chi connectivity index (χ4v) is 13.0. The molecule has 0 heterocycles. The highest BCUT2D eigenvalue weighted by molar-refractivity contribution is 7.47. The molecule has 572 valence electrons. The topological polar surface area (TPSA) is 237 Å². The summed E-state index contributed by atoms with van der Waals surface area (Å²) in [7, 11) is -9.93. The number of phosphoric ester groups is 2. The van der Waals surface area contributed by atoms with E-state index in [1.54, 1.807) is 0 Å². The number of aliphatic hydroxyl groups is 1. The van der Waals surface area contributed by atoms with Crippen molar-refractivity contribution < 1.29 is 80.2 Å². The zero-order chi connectivity index (χ0) is 71.6. The number of carbonyl (C=O) groups excluding carboxylic acids is 4. The monoisotopic (exact) mass is 1420 g/mol. The number of rotatable bonds is 74. The van der Waals surface area contributed by atoms with Crippen LogP contribution in [-0.2, 0) is 65.4 Å². The van der Waals surface area contributed by atoms with Gasteiger partial charge in [-0.1, -0.05) is 323 Å². The van der Waals surface area contributed by atoms with Crippen LogP contribution in [0.2, 0.25) is 0 Å². The number of ether oxygens (including phenoxy) is 4. The van der Waals surface area contributed by atoms with E-state index in [-0.39, 0.29) is 25.7 Å². The SMILES string of the molecule is CCCCCC/C=C\C=C/CCCCCCCC(=O)OC[C@H](COP(=O)(O)OCC(O)COP(=O)(O)OC[C@@H](COC(=O)CCCCCCCCC(C)C)OC(=O)CCCCCCCCCCCCCCCCCCC(C)C)OC(=O)CCCCCCCCCCCCC(C)CC. The van der Waals surface area contributed by atoms with E-state index in [4.69, 9.17) is 37.0 Å². The molecule has 3 N–H and O–H groups in total. The van der Waals surface area contributed by atoms with Gasteiger partial charge in [0.2, 0.25) is 0 Å². The average Bonchev–Trinajstić information content (AvgIpc) is 1.06. The molecule has 0 saturated heterocycles. The van der Waals surface area contributed by atoms with E-state index in [1.165, 1.54) is 161 Å². The molecule has 6 atom stereocenters. The first-order valence-corrected chi connectivity index (χ1v) is 42.7. The van der Waals surface area contributed by atoms with Gasteiger partial charge in [0.15, 0.2) is 12.2 Å². The standard InChI is InChI=1S/C78H148O17P2/c1-8-10-11-12-13-14-15-16-19-23-26-32-37-45-52-59-75(80)88-65-73(94-78(83)62-55-48-39-34-29-28-31-36-44-51-58-71(7)9-2)67-92-96(84,85)90-63-72(79)64-91-97(86,87)93-68-74(66-89-76(81)60-53-46-41-40-43-50-57-70(5)6)95-77(82)61-54-47-38-33-27-24-21-18-17-20-22-25-30-35-42-49-56-69(3)4/h14-16,19,69-74,79H,8-13,17-18,20-68H2,1-7H3,(H,84,85)(H,86,87)/b15-14-,19-16-/t71?,72?,73-,74-/m1/s1. The van der Waals surface area contributed by atoms with E-state index in [9.17, 15) is 43.2 Å². The molecular weight excluding hydrogens is 1270 g/mol. The van der Waals surface area contributed by atoms with Crippen LogP contribution in [0.4, 0.5) is 0 Å². The largest absolute Gasteiger partial charge is 0.472 e. The van der Waals surface area contributed by atoms with Gasteiger partial charge >= 0.3 is 39.5 Å². The minimum Gasteiger partial charge on any atom is -0.462 e. The second-order valence-electron chi connectivity index (χ2n) is 28.6. The smallest absolute Gasteiger partial charge is 0.462 e. The molecular formula is C78H148O17P2. The van der Waals surface area contributed by atoms with Crippen molar-refractivity contribution in [3.63, 3.8) is 0 Å². The maximum Gasteiger partial charge on any atom is 0.472 e. The minimum atomic E-state index is -4.97. The van der Waals surface area contributed by atoms with Crippen LogP contribution in [0.3, 0.4) is 0 Å². The van der Waals surface area contributed by atoms with Gasteiger partial charge in [-0.25, -0.2) is 9.13 Å². The second-order valence-corrected chi connectivity index (χ2v) is 31.5. The number of phosphoric acid groups is 2. The predicted octanol–water partition coefficient (Wildman–Crippen LogP) is 22.5. The Kier molecular flexibility index (Phi) is 66.3. The fourth-order valence-electron chi connectivity index (χ4n) is 11.4. The van der Waals surface area contributed by atoms with E-state index in [1.807, 2.05) is 0 Å². The maximum atomic E-state index is 13.1. The summed E-state index contributed by atoms with van der Waals surface area (Å²) < 4.78 is 68.5. The van der Waals surface area contributed by atoms with Gasteiger partial charge in [-0.3, -0.25) is 37.3 Å². The summed E-state index contributed by atoms with van der Waals surface area (Å²) in [6.07, 6.45) is 57.8. The summed E-state index contributed by atoms with van der Waals surface area (Å²) in [6, 6.07) is 0. The Bertz CT molecular complexity index is 1980. The number of hydrogen-bond donors (Lipinski definition) is 3. The van der Waals surface area contributed by atoms with Crippen molar-refractivity contribution in [1.29, 1.82) is 0 Å². The zero-order valence-electron chi connectivity index (χ0n) is 63.0. The molecule has 0 rings (SSSR count). The molecule has 0 radical (unpaired) electrons. The van der Waals surface area contributed by atoms with Crippen molar-refractivity contribution in [3.8, 4) is 0 Å². The lowest BCUT2D eigenvalue weighted by atomic mass is 9.99. The summed E-state index contributed by atoms with van der Waals surface area (Å²) in [6.45, 7) is 11.8. The van der Waals surface area contributed by atoms with Gasteiger partial charge in [0, 0.05) is 25.7 Å². The molecule has 0 spiro atoms. The first kappa shape index (κ1) is 94.5. The van der Waals surface area contributed by atoms with Crippen LogP contribution in [0.25, 0.3) is 0 Å². The lowest BCUT2D eigenvalue weighted by Crippen LogP contribution is -2.30. The highest BCUT2D eigenvalue weighted by Crippen LogP contribution is 2.45. The predicted molar refractivity (Wildman–Crippen MR) is 395 cm³/mol. The zero-order valence-corrected chi connectivity index (χ0v) is 64.8. The van der Waals surface area contributed by atoms with Gasteiger partial charge in [0.1, 0.15) is 19.3 Å². The van der Waals surface area contributed by atoms with Crippen LogP contribution in [0, 0.1) is 17.8 Å². The molecule has 0 fully saturated rings. The van der Waals surface area contributed by atoms with Crippen LogP contribution < -0.4 is 0 Å². The lowest BCUT2D eigenvalue weighted by molar-refractivity contribution is -0.161. The Labute approximate surface area is 592 Å². The number of esters is 4. The van der Waals surface area contributed by atoms with Crippen molar-refractivity contribution >= 4 is 39.5 Å².